The Labute approximate surface area is 248 Å². The zero-order valence-electron chi connectivity index (χ0n) is 24.9. The van der Waals surface area contributed by atoms with E-state index in [4.69, 9.17) is 19.8 Å². The van der Waals surface area contributed by atoms with Gasteiger partial charge in [-0.15, -0.1) is 5.48 Å². The standard InChI is InChI=1S/C32H44N8O2/c1-20-14-16-22(17-15-20)19-40-26-27(33-21(2)23-11-8-12-23)34-29(30-37-32(41)42-38-30)35-28(26)36-31(40)39-18-7-6-13-25(39)24-9-4-3-5-10-24/h3-5,9-10,20-23,25,30,38H,6-8,11-19H2,1-2H3,(H,37,41)(H,33,34,35)/t20?,21-,22?,25-,30?/m1/s1. The van der Waals surface area contributed by atoms with Crippen molar-refractivity contribution in [3.05, 3.63) is 41.7 Å². The van der Waals surface area contributed by atoms with Crippen molar-refractivity contribution in [1.82, 2.24) is 30.3 Å². The molecular weight excluding hydrogens is 528 g/mol. The molecule has 2 aromatic heterocycles. The summed E-state index contributed by atoms with van der Waals surface area (Å²) in [4.78, 5) is 34.7. The maximum atomic E-state index is 11.9. The Morgan fingerprint density at radius 2 is 1.81 bits per heavy atom. The molecule has 0 radical (unpaired) electrons. The molecule has 1 unspecified atom stereocenters. The third kappa shape index (κ3) is 5.41. The Balaban J connectivity index is 1.35. The molecule has 42 heavy (non-hydrogen) atoms. The van der Waals surface area contributed by atoms with Gasteiger partial charge in [-0.2, -0.15) is 4.98 Å². The molecule has 2 aliphatic heterocycles. The molecule has 2 aliphatic carbocycles. The van der Waals surface area contributed by atoms with Crippen LogP contribution in [0.15, 0.2) is 30.3 Å². The van der Waals surface area contributed by atoms with Crippen molar-refractivity contribution in [2.75, 3.05) is 16.8 Å². The van der Waals surface area contributed by atoms with Gasteiger partial charge < -0.3 is 19.6 Å². The molecule has 224 valence electrons. The molecule has 4 aliphatic rings. The summed E-state index contributed by atoms with van der Waals surface area (Å²) in [5.74, 6) is 4.27. The number of carbonyl (C=O) groups excluding carboxylic acids is 1. The Bertz CT molecular complexity index is 1400. The first-order valence-electron chi connectivity index (χ1n) is 16.1. The van der Waals surface area contributed by atoms with E-state index < -0.39 is 12.3 Å². The minimum atomic E-state index is -0.623. The van der Waals surface area contributed by atoms with Gasteiger partial charge in [0.2, 0.25) is 5.95 Å². The van der Waals surface area contributed by atoms with Crippen LogP contribution >= 0.6 is 0 Å². The van der Waals surface area contributed by atoms with Crippen molar-refractivity contribution in [2.24, 2.45) is 17.8 Å². The first-order valence-corrected chi connectivity index (χ1v) is 16.1. The molecule has 3 atom stereocenters. The van der Waals surface area contributed by atoms with E-state index in [0.717, 1.165) is 49.1 Å². The fraction of sp³-hybridized carbons (Fsp3) is 0.625. The summed E-state index contributed by atoms with van der Waals surface area (Å²) in [6.07, 6.45) is 11.1. The Kier molecular flexibility index (Phi) is 7.65. The van der Waals surface area contributed by atoms with Gasteiger partial charge in [0.05, 0.1) is 6.04 Å². The molecule has 7 rings (SSSR count). The number of amides is 1. The number of piperidine rings is 1. The number of rotatable bonds is 8. The van der Waals surface area contributed by atoms with Crippen LogP contribution in [0.5, 0.6) is 0 Å². The molecule has 2 saturated carbocycles. The third-order valence-corrected chi connectivity index (χ3v) is 10.1. The number of hydrogen-bond donors (Lipinski definition) is 3. The van der Waals surface area contributed by atoms with Crippen molar-refractivity contribution >= 4 is 29.0 Å². The van der Waals surface area contributed by atoms with E-state index in [0.29, 0.717) is 23.3 Å². The lowest BCUT2D eigenvalue weighted by atomic mass is 9.80. The van der Waals surface area contributed by atoms with Crippen molar-refractivity contribution in [2.45, 2.75) is 103 Å². The zero-order valence-corrected chi connectivity index (χ0v) is 24.9. The molecule has 2 saturated heterocycles. The lowest BCUT2D eigenvalue weighted by Crippen LogP contribution is -2.36. The van der Waals surface area contributed by atoms with Crippen LogP contribution < -0.4 is 21.0 Å². The molecule has 10 heteroatoms. The second-order valence-corrected chi connectivity index (χ2v) is 13.1. The van der Waals surface area contributed by atoms with Crippen LogP contribution in [-0.2, 0) is 11.4 Å². The fourth-order valence-corrected chi connectivity index (χ4v) is 7.31. The van der Waals surface area contributed by atoms with Crippen molar-refractivity contribution in [3.8, 4) is 0 Å². The maximum Gasteiger partial charge on any atom is 0.427 e. The number of aromatic nitrogens is 4. The average Bonchev–Trinajstić information content (AvgIpc) is 3.57. The van der Waals surface area contributed by atoms with Gasteiger partial charge >= 0.3 is 6.09 Å². The summed E-state index contributed by atoms with van der Waals surface area (Å²) in [5.41, 5.74) is 5.71. The smallest absolute Gasteiger partial charge is 0.365 e. The lowest BCUT2D eigenvalue weighted by Gasteiger charge is -2.38. The summed E-state index contributed by atoms with van der Waals surface area (Å²) < 4.78 is 2.44. The number of hydroxylamine groups is 1. The SMILES string of the molecule is CC1CCC(Cn2c(N3CCCC[C@@H]3c3ccccc3)nc3nc(C4NOC(=O)N4)nc(N[C@H](C)C4CCC4)c32)CC1. The Morgan fingerprint density at radius 1 is 1.00 bits per heavy atom. The lowest BCUT2D eigenvalue weighted by molar-refractivity contribution is 0.120. The van der Waals surface area contributed by atoms with Gasteiger partial charge in [0.25, 0.3) is 0 Å². The summed E-state index contributed by atoms with van der Waals surface area (Å²) in [5, 5.41) is 6.57. The highest BCUT2D eigenvalue weighted by Crippen LogP contribution is 2.40. The van der Waals surface area contributed by atoms with Gasteiger partial charge in [-0.05, 0) is 75.2 Å². The predicted octanol–water partition coefficient (Wildman–Crippen LogP) is 6.23. The fourth-order valence-electron chi connectivity index (χ4n) is 7.31. The molecule has 3 aromatic rings. The number of hydrogen-bond acceptors (Lipinski definition) is 8. The summed E-state index contributed by atoms with van der Waals surface area (Å²) in [6.45, 7) is 6.51. The van der Waals surface area contributed by atoms with Gasteiger partial charge in [-0.25, -0.2) is 14.8 Å². The van der Waals surface area contributed by atoms with Gasteiger partial charge in [0.15, 0.2) is 23.5 Å². The van der Waals surface area contributed by atoms with E-state index >= 15 is 0 Å². The van der Waals surface area contributed by atoms with Crippen LogP contribution in [0.25, 0.3) is 11.2 Å². The van der Waals surface area contributed by atoms with Crippen LogP contribution in [0.1, 0.15) is 102 Å². The molecule has 3 N–H and O–H groups in total. The molecule has 1 aromatic carbocycles. The van der Waals surface area contributed by atoms with Gasteiger partial charge in [0, 0.05) is 19.1 Å². The number of nitrogens with one attached hydrogen (secondary N) is 3. The summed E-state index contributed by atoms with van der Waals surface area (Å²) in [7, 11) is 0. The van der Waals surface area contributed by atoms with Gasteiger partial charge in [-0.3, -0.25) is 5.32 Å². The van der Waals surface area contributed by atoms with E-state index in [9.17, 15) is 4.79 Å². The van der Waals surface area contributed by atoms with Crippen LogP contribution in [0.3, 0.4) is 0 Å². The van der Waals surface area contributed by atoms with Crippen molar-refractivity contribution < 1.29 is 9.63 Å². The zero-order chi connectivity index (χ0) is 28.6. The first-order chi connectivity index (χ1) is 20.5. The first kappa shape index (κ1) is 27.4. The average molecular weight is 573 g/mol. The van der Waals surface area contributed by atoms with Crippen LogP contribution in [-0.4, -0.2) is 38.2 Å². The molecule has 4 heterocycles. The van der Waals surface area contributed by atoms with Gasteiger partial charge in [0.1, 0.15) is 5.52 Å². The highest BCUT2D eigenvalue weighted by molar-refractivity contribution is 5.86. The largest absolute Gasteiger partial charge is 0.427 e. The number of carbonyl (C=O) groups is 1. The van der Waals surface area contributed by atoms with Crippen LogP contribution in [0.2, 0.25) is 0 Å². The van der Waals surface area contributed by atoms with E-state index in [1.54, 1.807) is 0 Å². The van der Waals surface area contributed by atoms with E-state index in [1.807, 2.05) is 0 Å². The molecular formula is C32H44N8O2. The second-order valence-electron chi connectivity index (χ2n) is 13.1. The molecule has 1 amide bonds. The minimum absolute atomic E-state index is 0.267. The summed E-state index contributed by atoms with van der Waals surface area (Å²) >= 11 is 0. The van der Waals surface area contributed by atoms with Gasteiger partial charge in [-0.1, -0.05) is 56.5 Å². The normalized spacial score (nSPS) is 27.4. The van der Waals surface area contributed by atoms with E-state index in [2.05, 4.69) is 69.8 Å². The van der Waals surface area contributed by atoms with E-state index in [-0.39, 0.29) is 12.1 Å². The number of anilines is 2. The van der Waals surface area contributed by atoms with E-state index in [1.165, 1.54) is 56.9 Å². The van der Waals surface area contributed by atoms with Crippen LogP contribution in [0.4, 0.5) is 16.6 Å². The number of imidazole rings is 1. The summed E-state index contributed by atoms with van der Waals surface area (Å²) in [6, 6.07) is 11.4. The monoisotopic (exact) mass is 572 g/mol. The second kappa shape index (κ2) is 11.7. The Morgan fingerprint density at radius 3 is 2.52 bits per heavy atom. The highest BCUT2D eigenvalue weighted by Gasteiger charge is 2.34. The minimum Gasteiger partial charge on any atom is -0.365 e. The number of nitrogens with zero attached hydrogens (tertiary/aromatic N) is 5. The predicted molar refractivity (Wildman–Crippen MR) is 163 cm³/mol. The maximum absolute atomic E-state index is 11.9. The topological polar surface area (TPSA) is 109 Å². The highest BCUT2D eigenvalue weighted by atomic mass is 16.7. The third-order valence-electron chi connectivity index (χ3n) is 10.1. The number of benzene rings is 1. The quantitative estimate of drug-likeness (QED) is 0.292. The molecule has 0 spiro atoms. The Hall–Kier alpha value is -3.40. The van der Waals surface area contributed by atoms with Crippen molar-refractivity contribution in [3.63, 3.8) is 0 Å². The van der Waals surface area contributed by atoms with Crippen LogP contribution in [0, 0.1) is 17.8 Å². The molecule has 0 bridgehead atoms. The number of fused-ring (bicyclic) bond motifs is 1. The molecule has 10 nitrogen and oxygen atoms in total. The molecule has 4 fully saturated rings. The van der Waals surface area contributed by atoms with Crippen molar-refractivity contribution in [1.29, 1.82) is 0 Å².